The van der Waals surface area contributed by atoms with Gasteiger partial charge >= 0.3 is 0 Å². The van der Waals surface area contributed by atoms with Crippen LogP contribution in [0.15, 0.2) is 38.6 Å². The molecule has 9 heteroatoms. The standard InChI is InChI=1S/C18H24ClN3O3S2/c1-14-18(15(2)25-20-14)27(23,24)22-11-9-21(10-12-22)8-5-13-26-17-7-4-3-6-16(17)19/h3-4,6-7H,5,8-13H2,1-2H3. The lowest BCUT2D eigenvalue weighted by Gasteiger charge is -2.33. The second-order valence-corrected chi connectivity index (χ2v) is 9.95. The summed E-state index contributed by atoms with van der Waals surface area (Å²) >= 11 is 7.93. The maximum Gasteiger partial charge on any atom is 0.248 e. The molecular weight excluding hydrogens is 406 g/mol. The van der Waals surface area contributed by atoms with E-state index < -0.39 is 10.0 Å². The number of aryl methyl sites for hydroxylation is 2. The van der Waals surface area contributed by atoms with Gasteiger partial charge in [-0.25, -0.2) is 8.42 Å². The summed E-state index contributed by atoms with van der Waals surface area (Å²) in [5.74, 6) is 1.34. The Morgan fingerprint density at radius 2 is 1.89 bits per heavy atom. The van der Waals surface area contributed by atoms with Crippen molar-refractivity contribution in [1.82, 2.24) is 14.4 Å². The second-order valence-electron chi connectivity index (χ2n) is 6.53. The van der Waals surface area contributed by atoms with Gasteiger partial charge in [-0.15, -0.1) is 11.8 Å². The van der Waals surface area contributed by atoms with Crippen LogP contribution in [0.4, 0.5) is 0 Å². The Morgan fingerprint density at radius 1 is 1.19 bits per heavy atom. The third-order valence-corrected chi connectivity index (χ3v) is 8.36. The topological polar surface area (TPSA) is 66.7 Å². The fraction of sp³-hybridized carbons (Fsp3) is 0.500. The third-order valence-electron chi connectivity index (χ3n) is 4.61. The minimum absolute atomic E-state index is 0.215. The van der Waals surface area contributed by atoms with Crippen molar-refractivity contribution in [2.24, 2.45) is 0 Å². The van der Waals surface area contributed by atoms with Crippen LogP contribution in [0.1, 0.15) is 17.9 Å². The summed E-state index contributed by atoms with van der Waals surface area (Å²) in [6.45, 7) is 6.71. The molecule has 1 aliphatic heterocycles. The average molecular weight is 430 g/mol. The SMILES string of the molecule is Cc1noc(C)c1S(=O)(=O)N1CCN(CCCSc2ccccc2Cl)CC1. The van der Waals surface area contributed by atoms with Gasteiger partial charge in [0.05, 0.1) is 5.02 Å². The van der Waals surface area contributed by atoms with Gasteiger partial charge in [0.1, 0.15) is 10.6 Å². The maximum absolute atomic E-state index is 12.8. The predicted molar refractivity (Wildman–Crippen MR) is 108 cm³/mol. The van der Waals surface area contributed by atoms with Gasteiger partial charge in [0.15, 0.2) is 5.76 Å². The Balaban J connectivity index is 1.46. The summed E-state index contributed by atoms with van der Waals surface area (Å²) < 4.78 is 32.2. The molecule has 0 aliphatic carbocycles. The first-order chi connectivity index (χ1) is 12.9. The largest absolute Gasteiger partial charge is 0.360 e. The van der Waals surface area contributed by atoms with Crippen LogP contribution in [-0.4, -0.2) is 61.3 Å². The Morgan fingerprint density at radius 3 is 2.52 bits per heavy atom. The minimum Gasteiger partial charge on any atom is -0.360 e. The lowest BCUT2D eigenvalue weighted by Crippen LogP contribution is -2.48. The molecule has 0 spiro atoms. The first-order valence-electron chi connectivity index (χ1n) is 8.92. The molecule has 1 fully saturated rings. The molecule has 1 aliphatic rings. The van der Waals surface area contributed by atoms with E-state index in [9.17, 15) is 8.42 Å². The molecule has 6 nitrogen and oxygen atoms in total. The van der Waals surface area contributed by atoms with Crippen molar-refractivity contribution in [3.8, 4) is 0 Å². The van der Waals surface area contributed by atoms with E-state index in [2.05, 4.69) is 10.1 Å². The van der Waals surface area contributed by atoms with Crippen LogP contribution in [0.2, 0.25) is 5.02 Å². The number of thioether (sulfide) groups is 1. The molecule has 0 bridgehead atoms. The molecule has 0 atom stereocenters. The molecule has 0 unspecified atom stereocenters. The third kappa shape index (κ3) is 4.86. The number of hydrogen-bond acceptors (Lipinski definition) is 6. The van der Waals surface area contributed by atoms with E-state index >= 15 is 0 Å². The van der Waals surface area contributed by atoms with Gasteiger partial charge in [-0.05, 0) is 44.7 Å². The van der Waals surface area contributed by atoms with Gasteiger partial charge in [-0.2, -0.15) is 4.31 Å². The Hall–Kier alpha value is -1.06. The predicted octanol–water partition coefficient (Wildman–Crippen LogP) is 3.43. The Labute approximate surface area is 169 Å². The Kier molecular flexibility index (Phi) is 6.86. The van der Waals surface area contributed by atoms with E-state index in [1.165, 1.54) is 4.31 Å². The van der Waals surface area contributed by atoms with Gasteiger partial charge in [-0.1, -0.05) is 28.9 Å². The number of aromatic nitrogens is 1. The quantitative estimate of drug-likeness (QED) is 0.496. The highest BCUT2D eigenvalue weighted by molar-refractivity contribution is 7.99. The summed E-state index contributed by atoms with van der Waals surface area (Å²) in [6, 6.07) is 7.86. The molecule has 1 aromatic carbocycles. The number of rotatable bonds is 7. The zero-order valence-corrected chi connectivity index (χ0v) is 17.9. The molecule has 0 saturated carbocycles. The highest BCUT2D eigenvalue weighted by Crippen LogP contribution is 2.27. The first kappa shape index (κ1) is 20.7. The van der Waals surface area contributed by atoms with Crippen LogP contribution in [-0.2, 0) is 10.0 Å². The van der Waals surface area contributed by atoms with E-state index in [0.717, 1.165) is 41.7 Å². The van der Waals surface area contributed by atoms with Crippen molar-refractivity contribution in [1.29, 1.82) is 0 Å². The molecule has 3 rings (SSSR count). The molecule has 148 valence electrons. The van der Waals surface area contributed by atoms with E-state index in [0.29, 0.717) is 24.5 Å². The van der Waals surface area contributed by atoms with Gasteiger partial charge in [0.25, 0.3) is 0 Å². The average Bonchev–Trinajstić information content (AvgIpc) is 2.99. The van der Waals surface area contributed by atoms with Crippen molar-refractivity contribution in [3.63, 3.8) is 0 Å². The second kappa shape index (κ2) is 8.96. The monoisotopic (exact) mass is 429 g/mol. The molecule has 1 aromatic heterocycles. The van der Waals surface area contributed by atoms with Gasteiger partial charge in [-0.3, -0.25) is 0 Å². The Bertz CT molecular complexity index is 858. The summed E-state index contributed by atoms with van der Waals surface area (Å²) in [7, 11) is -3.54. The summed E-state index contributed by atoms with van der Waals surface area (Å²) in [5.41, 5.74) is 0.423. The first-order valence-corrected chi connectivity index (χ1v) is 11.7. The summed E-state index contributed by atoms with van der Waals surface area (Å²) in [4.78, 5) is 3.63. The van der Waals surface area contributed by atoms with Crippen LogP contribution in [0.3, 0.4) is 0 Å². The number of nitrogens with zero attached hydrogens (tertiary/aromatic N) is 3. The van der Waals surface area contributed by atoms with Crippen LogP contribution < -0.4 is 0 Å². The number of sulfonamides is 1. The lowest BCUT2D eigenvalue weighted by molar-refractivity contribution is 0.189. The fourth-order valence-corrected chi connectivity index (χ4v) is 6.08. The van der Waals surface area contributed by atoms with E-state index in [-0.39, 0.29) is 4.90 Å². The normalized spacial score (nSPS) is 16.7. The van der Waals surface area contributed by atoms with Crippen LogP contribution in [0.5, 0.6) is 0 Å². The lowest BCUT2D eigenvalue weighted by atomic mass is 10.3. The molecular formula is C18H24ClN3O3S2. The summed E-state index contributed by atoms with van der Waals surface area (Å²) in [5, 5.41) is 4.56. The van der Waals surface area contributed by atoms with E-state index in [1.54, 1.807) is 25.6 Å². The summed E-state index contributed by atoms with van der Waals surface area (Å²) in [6.07, 6.45) is 1.03. The van der Waals surface area contributed by atoms with E-state index in [1.807, 2.05) is 24.3 Å². The van der Waals surface area contributed by atoms with Gasteiger partial charge in [0.2, 0.25) is 10.0 Å². The van der Waals surface area contributed by atoms with Crippen LogP contribution in [0.25, 0.3) is 0 Å². The smallest absolute Gasteiger partial charge is 0.248 e. The molecule has 1 saturated heterocycles. The van der Waals surface area contributed by atoms with Crippen molar-refractivity contribution in [2.75, 3.05) is 38.5 Å². The van der Waals surface area contributed by atoms with Crippen LogP contribution >= 0.6 is 23.4 Å². The van der Waals surface area contributed by atoms with E-state index in [4.69, 9.17) is 16.1 Å². The molecule has 0 N–H and O–H groups in total. The molecule has 0 radical (unpaired) electrons. The van der Waals surface area contributed by atoms with Crippen molar-refractivity contribution >= 4 is 33.4 Å². The fourth-order valence-electron chi connectivity index (χ4n) is 3.20. The number of piperazine rings is 1. The maximum atomic E-state index is 12.8. The van der Waals surface area contributed by atoms with Gasteiger partial charge < -0.3 is 9.42 Å². The molecule has 2 heterocycles. The van der Waals surface area contributed by atoms with Gasteiger partial charge in [0, 0.05) is 31.1 Å². The highest BCUT2D eigenvalue weighted by atomic mass is 35.5. The highest BCUT2D eigenvalue weighted by Gasteiger charge is 2.33. The molecule has 27 heavy (non-hydrogen) atoms. The minimum atomic E-state index is -3.54. The molecule has 2 aromatic rings. The zero-order valence-electron chi connectivity index (χ0n) is 15.5. The molecule has 0 amide bonds. The number of benzene rings is 1. The number of hydrogen-bond donors (Lipinski definition) is 0. The number of halogens is 1. The van der Waals surface area contributed by atoms with Crippen LogP contribution in [0, 0.1) is 13.8 Å². The van der Waals surface area contributed by atoms with Crippen molar-refractivity contribution < 1.29 is 12.9 Å². The van der Waals surface area contributed by atoms with Crippen molar-refractivity contribution in [3.05, 3.63) is 40.7 Å². The van der Waals surface area contributed by atoms with Crippen molar-refractivity contribution in [2.45, 2.75) is 30.1 Å². The zero-order chi connectivity index (χ0) is 19.4.